The first kappa shape index (κ1) is 15.3. The van der Waals surface area contributed by atoms with E-state index in [0.29, 0.717) is 18.5 Å². The Labute approximate surface area is 123 Å². The molecule has 21 heavy (non-hydrogen) atoms. The molecule has 1 aromatic heterocycles. The largest absolute Gasteiger partial charge is 0.481 e. The van der Waals surface area contributed by atoms with Crippen LogP contribution in [0.15, 0.2) is 12.4 Å². The van der Waals surface area contributed by atoms with Crippen LogP contribution in [-0.4, -0.2) is 32.9 Å². The summed E-state index contributed by atoms with van der Waals surface area (Å²) in [4.78, 5) is 23.4. The maximum Gasteiger partial charge on any atom is 0.319 e. The Morgan fingerprint density at radius 2 is 2.24 bits per heavy atom. The Kier molecular flexibility index (Phi) is 4.20. The van der Waals surface area contributed by atoms with Crippen molar-refractivity contribution in [2.24, 2.45) is 5.41 Å². The highest BCUT2D eigenvalue weighted by Gasteiger charge is 2.45. The van der Waals surface area contributed by atoms with Crippen molar-refractivity contribution in [3.63, 3.8) is 0 Å². The highest BCUT2D eigenvalue weighted by Crippen LogP contribution is 2.38. The Morgan fingerprint density at radius 1 is 1.52 bits per heavy atom. The van der Waals surface area contributed by atoms with Gasteiger partial charge in [0, 0.05) is 18.3 Å². The number of amides is 2. The van der Waals surface area contributed by atoms with Crippen LogP contribution in [0.4, 0.5) is 10.5 Å². The van der Waals surface area contributed by atoms with E-state index in [1.807, 2.05) is 13.8 Å². The Balaban J connectivity index is 1.96. The lowest BCUT2D eigenvalue weighted by Crippen LogP contribution is -2.48. The molecule has 0 saturated heterocycles. The number of nitrogens with one attached hydrogen (secondary N) is 2. The van der Waals surface area contributed by atoms with E-state index in [9.17, 15) is 14.7 Å². The van der Waals surface area contributed by atoms with Crippen molar-refractivity contribution in [3.05, 3.63) is 12.4 Å². The van der Waals surface area contributed by atoms with Crippen LogP contribution in [0.25, 0.3) is 0 Å². The SMILES string of the molecule is CC(C)n1cc(NC(=O)NC2CCCC2(C)C(=O)O)cn1. The van der Waals surface area contributed by atoms with E-state index >= 15 is 0 Å². The third-order valence-electron chi connectivity index (χ3n) is 4.14. The second-order valence-corrected chi connectivity index (χ2v) is 6.07. The van der Waals surface area contributed by atoms with Gasteiger partial charge in [-0.25, -0.2) is 4.79 Å². The normalized spacial score (nSPS) is 25.0. The third-order valence-corrected chi connectivity index (χ3v) is 4.14. The Morgan fingerprint density at radius 3 is 2.81 bits per heavy atom. The van der Waals surface area contributed by atoms with Crippen LogP contribution in [-0.2, 0) is 4.79 Å². The average molecular weight is 294 g/mol. The molecule has 3 N–H and O–H groups in total. The topological polar surface area (TPSA) is 96.2 Å². The molecular formula is C14H22N4O3. The number of anilines is 1. The minimum absolute atomic E-state index is 0.216. The monoisotopic (exact) mass is 294 g/mol. The van der Waals surface area contributed by atoms with Gasteiger partial charge >= 0.3 is 12.0 Å². The number of hydrogen-bond donors (Lipinski definition) is 3. The molecule has 0 aliphatic heterocycles. The van der Waals surface area contributed by atoms with Gasteiger partial charge in [0.05, 0.1) is 17.3 Å². The first-order valence-electron chi connectivity index (χ1n) is 7.18. The number of carbonyl (C=O) groups excluding carboxylic acids is 1. The van der Waals surface area contributed by atoms with Crippen LogP contribution < -0.4 is 10.6 Å². The lowest BCUT2D eigenvalue weighted by molar-refractivity contribution is -0.148. The molecule has 7 heteroatoms. The predicted octanol–water partition coefficient (Wildman–Crippen LogP) is 2.23. The maximum absolute atomic E-state index is 12.0. The molecule has 2 atom stereocenters. The molecule has 2 amide bonds. The number of carbonyl (C=O) groups is 2. The summed E-state index contributed by atoms with van der Waals surface area (Å²) in [7, 11) is 0. The number of rotatable bonds is 4. The molecule has 1 aliphatic carbocycles. The van der Waals surface area contributed by atoms with Gasteiger partial charge in [0.1, 0.15) is 0 Å². The van der Waals surface area contributed by atoms with Gasteiger partial charge < -0.3 is 15.7 Å². The number of carboxylic acids is 1. The maximum atomic E-state index is 12.0. The van der Waals surface area contributed by atoms with E-state index < -0.39 is 17.4 Å². The predicted molar refractivity (Wildman–Crippen MR) is 78.1 cm³/mol. The van der Waals surface area contributed by atoms with Gasteiger partial charge in [-0.1, -0.05) is 6.42 Å². The zero-order chi connectivity index (χ0) is 15.6. The minimum Gasteiger partial charge on any atom is -0.481 e. The first-order valence-corrected chi connectivity index (χ1v) is 7.18. The molecule has 7 nitrogen and oxygen atoms in total. The molecule has 0 radical (unpaired) electrons. The molecular weight excluding hydrogens is 272 g/mol. The van der Waals surface area contributed by atoms with Gasteiger partial charge in [0.25, 0.3) is 0 Å². The third kappa shape index (κ3) is 3.17. The average Bonchev–Trinajstić information content (AvgIpc) is 2.98. The number of aromatic nitrogens is 2. The molecule has 1 heterocycles. The van der Waals surface area contributed by atoms with Crippen LogP contribution in [0.2, 0.25) is 0 Å². The second-order valence-electron chi connectivity index (χ2n) is 6.07. The fraction of sp³-hybridized carbons (Fsp3) is 0.643. The summed E-state index contributed by atoms with van der Waals surface area (Å²) in [6.07, 6.45) is 5.39. The molecule has 0 bridgehead atoms. The van der Waals surface area contributed by atoms with Crippen molar-refractivity contribution < 1.29 is 14.7 Å². The lowest BCUT2D eigenvalue weighted by Gasteiger charge is -2.27. The molecule has 1 aromatic rings. The van der Waals surface area contributed by atoms with Crippen molar-refractivity contribution in [1.29, 1.82) is 0 Å². The lowest BCUT2D eigenvalue weighted by atomic mass is 9.85. The van der Waals surface area contributed by atoms with Gasteiger partial charge in [-0.05, 0) is 33.6 Å². The molecule has 0 spiro atoms. The number of nitrogens with zero attached hydrogens (tertiary/aromatic N) is 2. The number of aliphatic carboxylic acids is 1. The van der Waals surface area contributed by atoms with Crippen molar-refractivity contribution in [2.75, 3.05) is 5.32 Å². The van der Waals surface area contributed by atoms with E-state index in [2.05, 4.69) is 15.7 Å². The molecule has 2 rings (SSSR count). The van der Waals surface area contributed by atoms with Crippen molar-refractivity contribution in [1.82, 2.24) is 15.1 Å². The molecule has 2 unspecified atom stereocenters. The molecule has 1 aliphatic rings. The van der Waals surface area contributed by atoms with Crippen LogP contribution in [0.3, 0.4) is 0 Å². The van der Waals surface area contributed by atoms with E-state index in [0.717, 1.165) is 6.42 Å². The summed E-state index contributed by atoms with van der Waals surface area (Å²) < 4.78 is 1.74. The van der Waals surface area contributed by atoms with Crippen molar-refractivity contribution >= 4 is 17.7 Å². The van der Waals surface area contributed by atoms with Crippen LogP contribution in [0, 0.1) is 5.41 Å². The van der Waals surface area contributed by atoms with Gasteiger partial charge in [-0.3, -0.25) is 9.48 Å². The summed E-state index contributed by atoms with van der Waals surface area (Å²) in [5.41, 5.74) is -0.296. The number of carboxylic acid groups (broad SMARTS) is 1. The quantitative estimate of drug-likeness (QED) is 0.793. The summed E-state index contributed by atoms with van der Waals surface area (Å²) in [5, 5.41) is 18.9. The number of hydrogen-bond acceptors (Lipinski definition) is 3. The number of urea groups is 1. The van der Waals surface area contributed by atoms with Gasteiger partial charge in [0.2, 0.25) is 0 Å². The zero-order valence-electron chi connectivity index (χ0n) is 12.6. The fourth-order valence-electron chi connectivity index (χ4n) is 2.66. The summed E-state index contributed by atoms with van der Waals surface area (Å²) >= 11 is 0. The molecule has 1 fully saturated rings. The Hall–Kier alpha value is -2.05. The van der Waals surface area contributed by atoms with E-state index in [1.54, 1.807) is 24.0 Å². The minimum atomic E-state index is -0.889. The first-order chi connectivity index (χ1) is 9.83. The Bertz CT molecular complexity index is 540. The van der Waals surface area contributed by atoms with E-state index in [4.69, 9.17) is 0 Å². The standard InChI is InChI=1S/C14H22N4O3/c1-9(2)18-8-10(7-15-18)16-13(21)17-11-5-4-6-14(11,3)12(19)20/h7-9,11H,4-6H2,1-3H3,(H,19,20)(H2,16,17,21). The van der Waals surface area contributed by atoms with Crippen LogP contribution in [0.5, 0.6) is 0 Å². The summed E-state index contributed by atoms with van der Waals surface area (Å²) in [5.74, 6) is -0.863. The second kappa shape index (κ2) is 5.75. The smallest absolute Gasteiger partial charge is 0.319 e. The van der Waals surface area contributed by atoms with E-state index in [-0.39, 0.29) is 12.1 Å². The van der Waals surface area contributed by atoms with Gasteiger partial charge in [0.15, 0.2) is 0 Å². The van der Waals surface area contributed by atoms with Gasteiger partial charge in [-0.15, -0.1) is 0 Å². The fourth-order valence-corrected chi connectivity index (χ4v) is 2.66. The zero-order valence-corrected chi connectivity index (χ0v) is 12.6. The van der Waals surface area contributed by atoms with E-state index in [1.165, 1.54) is 0 Å². The van der Waals surface area contributed by atoms with Gasteiger partial charge in [-0.2, -0.15) is 5.10 Å². The highest BCUT2D eigenvalue weighted by atomic mass is 16.4. The highest BCUT2D eigenvalue weighted by molar-refractivity contribution is 5.90. The van der Waals surface area contributed by atoms with Crippen LogP contribution >= 0.6 is 0 Å². The van der Waals surface area contributed by atoms with Crippen LogP contribution in [0.1, 0.15) is 46.1 Å². The summed E-state index contributed by atoms with van der Waals surface area (Å²) in [6, 6.07) is -0.526. The molecule has 116 valence electrons. The molecule has 1 saturated carbocycles. The van der Waals surface area contributed by atoms with Crippen molar-refractivity contribution in [3.8, 4) is 0 Å². The molecule has 0 aromatic carbocycles. The van der Waals surface area contributed by atoms with Crippen molar-refractivity contribution in [2.45, 2.75) is 52.1 Å². The summed E-state index contributed by atoms with van der Waals surface area (Å²) in [6.45, 7) is 5.67.